The molecule has 7 nitrogen and oxygen atoms in total. The summed E-state index contributed by atoms with van der Waals surface area (Å²) in [6, 6.07) is 22.4. The van der Waals surface area contributed by atoms with Gasteiger partial charge in [-0.3, -0.25) is 4.99 Å². The first-order valence-electron chi connectivity index (χ1n) is 12.0. The maximum absolute atomic E-state index is 11.5. The Bertz CT molecular complexity index is 1250. The van der Waals surface area contributed by atoms with Gasteiger partial charge in [0.05, 0.1) is 10.6 Å². The van der Waals surface area contributed by atoms with Gasteiger partial charge in [0.25, 0.3) is 0 Å². The minimum Gasteiger partial charge on any atom is -0.506 e. The molecule has 0 unspecified atom stereocenters. The Balaban J connectivity index is 1.51. The number of phenolic OH excluding ortho intramolecular Hbond substituents is 1. The van der Waals surface area contributed by atoms with Crippen LogP contribution in [0.15, 0.2) is 82.7 Å². The van der Waals surface area contributed by atoms with Gasteiger partial charge >= 0.3 is 0 Å². The molecule has 1 fully saturated rings. The molecular formula is C27H32N4O3S. The highest BCUT2D eigenvalue weighted by molar-refractivity contribution is 7.89. The number of benzene rings is 3. The molecule has 3 aromatic rings. The third kappa shape index (κ3) is 7.07. The van der Waals surface area contributed by atoms with Gasteiger partial charge in [-0.2, -0.15) is 0 Å². The quantitative estimate of drug-likeness (QED) is 0.218. The van der Waals surface area contributed by atoms with Crippen LogP contribution in [0, 0.1) is 0 Å². The SMILES string of the molecule is NS(=O)(=O)c1ccc(CCN=C(Nc2cc(-c3ccccc3)ccc2O)NC2CCCCC2)cc1. The molecule has 0 radical (unpaired) electrons. The molecule has 3 aromatic carbocycles. The number of nitrogens with two attached hydrogens (primary N) is 1. The zero-order chi connectivity index (χ0) is 24.7. The first kappa shape index (κ1) is 24.8. The normalized spacial score (nSPS) is 15.1. The fourth-order valence-electron chi connectivity index (χ4n) is 4.28. The van der Waals surface area contributed by atoms with Gasteiger partial charge in [-0.05, 0) is 60.2 Å². The van der Waals surface area contributed by atoms with Crippen LogP contribution in [-0.2, 0) is 16.4 Å². The van der Waals surface area contributed by atoms with E-state index in [0.29, 0.717) is 30.7 Å². The molecule has 0 aromatic heterocycles. The predicted molar refractivity (Wildman–Crippen MR) is 141 cm³/mol. The highest BCUT2D eigenvalue weighted by atomic mass is 32.2. The molecule has 1 saturated carbocycles. The number of primary sulfonamides is 1. The van der Waals surface area contributed by atoms with Crippen LogP contribution < -0.4 is 15.8 Å². The summed E-state index contributed by atoms with van der Waals surface area (Å²) in [5, 5.41) is 22.6. The number of nitrogens with one attached hydrogen (secondary N) is 2. The molecule has 0 amide bonds. The number of aliphatic imine (C=N–C) groups is 1. The average molecular weight is 493 g/mol. The number of nitrogens with zero attached hydrogens (tertiary/aromatic N) is 1. The van der Waals surface area contributed by atoms with Crippen molar-refractivity contribution in [1.82, 2.24) is 5.32 Å². The van der Waals surface area contributed by atoms with Crippen LogP contribution in [0.3, 0.4) is 0 Å². The molecule has 4 rings (SSSR count). The minimum absolute atomic E-state index is 0.0971. The zero-order valence-electron chi connectivity index (χ0n) is 19.7. The summed E-state index contributed by atoms with van der Waals surface area (Å²) in [4.78, 5) is 4.86. The summed E-state index contributed by atoms with van der Waals surface area (Å²) in [7, 11) is -3.70. The second-order valence-corrected chi connectivity index (χ2v) is 10.4. The second kappa shape index (κ2) is 11.4. The highest BCUT2D eigenvalue weighted by Gasteiger charge is 2.16. The van der Waals surface area contributed by atoms with Gasteiger partial charge in [-0.1, -0.05) is 67.8 Å². The topological polar surface area (TPSA) is 117 Å². The number of phenols is 1. The molecule has 0 aliphatic heterocycles. The smallest absolute Gasteiger partial charge is 0.238 e. The zero-order valence-corrected chi connectivity index (χ0v) is 20.5. The molecule has 1 aliphatic carbocycles. The van der Waals surface area contributed by atoms with Crippen molar-refractivity contribution < 1.29 is 13.5 Å². The van der Waals surface area contributed by atoms with Gasteiger partial charge < -0.3 is 15.7 Å². The van der Waals surface area contributed by atoms with E-state index in [-0.39, 0.29) is 10.6 Å². The van der Waals surface area contributed by atoms with Crippen molar-refractivity contribution in [1.29, 1.82) is 0 Å². The standard InChI is InChI=1S/C27H32N4O3S/c28-35(33,34)24-14-11-20(12-15-24)17-18-29-27(30-23-9-5-2-6-10-23)31-25-19-22(13-16-26(25)32)21-7-3-1-4-8-21/h1,3-4,7-8,11-16,19,23,32H,2,5-6,9-10,17-18H2,(H2,28,33,34)(H2,29,30,31). The van der Waals surface area contributed by atoms with Gasteiger partial charge in [0, 0.05) is 12.6 Å². The van der Waals surface area contributed by atoms with Crippen LogP contribution in [0.2, 0.25) is 0 Å². The van der Waals surface area contributed by atoms with E-state index in [1.165, 1.54) is 31.4 Å². The lowest BCUT2D eigenvalue weighted by atomic mass is 9.96. The predicted octanol–water partition coefficient (Wildman–Crippen LogP) is 4.64. The van der Waals surface area contributed by atoms with E-state index in [1.807, 2.05) is 42.5 Å². The lowest BCUT2D eigenvalue weighted by Gasteiger charge is -2.25. The van der Waals surface area contributed by atoms with E-state index in [1.54, 1.807) is 18.2 Å². The van der Waals surface area contributed by atoms with Gasteiger partial charge in [-0.15, -0.1) is 0 Å². The summed E-state index contributed by atoms with van der Waals surface area (Å²) in [6.07, 6.45) is 6.45. The van der Waals surface area contributed by atoms with Gasteiger partial charge in [0.15, 0.2) is 5.96 Å². The molecule has 8 heteroatoms. The Morgan fingerprint density at radius 1 is 0.943 bits per heavy atom. The van der Waals surface area contributed by atoms with E-state index in [2.05, 4.69) is 10.6 Å². The Kier molecular flexibility index (Phi) is 8.05. The van der Waals surface area contributed by atoms with Crippen molar-refractivity contribution in [2.45, 2.75) is 49.5 Å². The van der Waals surface area contributed by atoms with E-state index in [0.717, 1.165) is 29.5 Å². The molecular weight excluding hydrogens is 460 g/mol. The van der Waals surface area contributed by atoms with Crippen LogP contribution in [-0.4, -0.2) is 32.1 Å². The molecule has 0 bridgehead atoms. The van der Waals surface area contributed by atoms with Gasteiger partial charge in [0.2, 0.25) is 10.0 Å². The minimum atomic E-state index is -3.70. The summed E-state index contributed by atoms with van der Waals surface area (Å²) < 4.78 is 22.9. The van der Waals surface area contributed by atoms with Crippen molar-refractivity contribution in [3.05, 3.63) is 78.4 Å². The molecule has 35 heavy (non-hydrogen) atoms. The molecule has 1 aliphatic rings. The third-order valence-electron chi connectivity index (χ3n) is 6.23. The largest absolute Gasteiger partial charge is 0.506 e. The van der Waals surface area contributed by atoms with Crippen LogP contribution in [0.25, 0.3) is 11.1 Å². The average Bonchev–Trinajstić information content (AvgIpc) is 2.86. The van der Waals surface area contributed by atoms with E-state index in [4.69, 9.17) is 10.1 Å². The first-order chi connectivity index (χ1) is 16.9. The van der Waals surface area contributed by atoms with Crippen molar-refractivity contribution in [2.24, 2.45) is 10.1 Å². The number of hydrogen-bond acceptors (Lipinski definition) is 4. The van der Waals surface area contributed by atoms with Gasteiger partial charge in [-0.25, -0.2) is 13.6 Å². The van der Waals surface area contributed by atoms with Gasteiger partial charge in [0.1, 0.15) is 5.75 Å². The number of hydrogen-bond donors (Lipinski definition) is 4. The number of guanidine groups is 1. The van der Waals surface area contributed by atoms with E-state index < -0.39 is 10.0 Å². The van der Waals surface area contributed by atoms with Crippen LogP contribution in [0.1, 0.15) is 37.7 Å². The lowest BCUT2D eigenvalue weighted by Crippen LogP contribution is -2.40. The Morgan fingerprint density at radius 2 is 1.66 bits per heavy atom. The van der Waals surface area contributed by atoms with Crippen molar-refractivity contribution in [2.75, 3.05) is 11.9 Å². The van der Waals surface area contributed by atoms with E-state index >= 15 is 0 Å². The van der Waals surface area contributed by atoms with Crippen molar-refractivity contribution in [3.63, 3.8) is 0 Å². The lowest BCUT2D eigenvalue weighted by molar-refractivity contribution is 0.413. The van der Waals surface area contributed by atoms with Crippen LogP contribution in [0.4, 0.5) is 5.69 Å². The highest BCUT2D eigenvalue weighted by Crippen LogP contribution is 2.30. The monoisotopic (exact) mass is 492 g/mol. The molecule has 0 atom stereocenters. The van der Waals surface area contributed by atoms with Crippen LogP contribution in [0.5, 0.6) is 5.75 Å². The Hall–Kier alpha value is -3.36. The Morgan fingerprint density at radius 3 is 2.34 bits per heavy atom. The first-order valence-corrected chi connectivity index (χ1v) is 13.5. The fraction of sp³-hybridized carbons (Fsp3) is 0.296. The molecule has 0 heterocycles. The number of rotatable bonds is 7. The van der Waals surface area contributed by atoms with Crippen LogP contribution >= 0.6 is 0 Å². The Labute approximate surface area is 207 Å². The summed E-state index contributed by atoms with van der Waals surface area (Å²) in [5.41, 5.74) is 3.62. The molecule has 184 valence electrons. The second-order valence-electron chi connectivity index (χ2n) is 8.87. The van der Waals surface area contributed by atoms with E-state index in [9.17, 15) is 13.5 Å². The number of sulfonamides is 1. The summed E-state index contributed by atoms with van der Waals surface area (Å²) in [6.45, 7) is 0.496. The molecule has 0 saturated heterocycles. The number of aromatic hydroxyl groups is 1. The molecule has 5 N–H and O–H groups in total. The third-order valence-corrected chi connectivity index (χ3v) is 7.15. The fourth-order valence-corrected chi connectivity index (χ4v) is 4.79. The maximum atomic E-state index is 11.5. The maximum Gasteiger partial charge on any atom is 0.238 e. The summed E-state index contributed by atoms with van der Waals surface area (Å²) >= 11 is 0. The molecule has 0 spiro atoms. The van der Waals surface area contributed by atoms with Crippen molar-refractivity contribution in [3.8, 4) is 16.9 Å². The summed E-state index contributed by atoms with van der Waals surface area (Å²) in [5.74, 6) is 0.778. The number of anilines is 1. The van der Waals surface area contributed by atoms with Crippen molar-refractivity contribution >= 4 is 21.7 Å².